The number of anilines is 1. The Morgan fingerprint density at radius 2 is 1.77 bits per heavy atom. The van der Waals surface area contributed by atoms with Gasteiger partial charge in [0.25, 0.3) is 0 Å². The molecule has 7 nitrogen and oxygen atoms in total. The molecule has 1 aromatic heterocycles. The Morgan fingerprint density at radius 1 is 1.14 bits per heavy atom. The van der Waals surface area contributed by atoms with Gasteiger partial charge in [-0.15, -0.1) is 0 Å². The van der Waals surface area contributed by atoms with Crippen LogP contribution in [-0.4, -0.2) is 43.0 Å². The van der Waals surface area contributed by atoms with Crippen LogP contribution in [0.3, 0.4) is 0 Å². The number of carbonyl (C=O) groups is 2. The Kier molecular flexibility index (Phi) is 4.45. The number of carbonyl (C=O) groups excluding carboxylic acids is 2. The third-order valence-corrected chi connectivity index (χ3v) is 3.29. The van der Waals surface area contributed by atoms with Gasteiger partial charge in [0, 0.05) is 7.05 Å². The lowest BCUT2D eigenvalue weighted by Gasteiger charge is -2.10. The molecule has 0 unspecified atom stereocenters. The van der Waals surface area contributed by atoms with Crippen LogP contribution < -0.4 is 5.32 Å². The molecule has 1 N–H and O–H groups in total. The van der Waals surface area contributed by atoms with Gasteiger partial charge in [-0.3, -0.25) is 0 Å². The zero-order valence-electron chi connectivity index (χ0n) is 12.8. The van der Waals surface area contributed by atoms with E-state index >= 15 is 0 Å². The molecule has 0 spiro atoms. The average molecular weight is 303 g/mol. The maximum atomic E-state index is 12.0. The Labute approximate surface area is 127 Å². The van der Waals surface area contributed by atoms with Crippen LogP contribution >= 0.6 is 0 Å². The lowest BCUT2D eigenvalue weighted by molar-refractivity contribution is 0.0551. The fourth-order valence-electron chi connectivity index (χ4n) is 2.19. The second-order valence-corrected chi connectivity index (χ2v) is 4.47. The fraction of sp³-hybridized carbons (Fsp3) is 0.267. The van der Waals surface area contributed by atoms with Gasteiger partial charge in [-0.1, -0.05) is 12.1 Å². The number of hydrogen-bond donors (Lipinski definition) is 1. The Hall–Kier alpha value is -2.83. The number of methoxy groups -OCH3 is 2. The van der Waals surface area contributed by atoms with E-state index in [2.05, 4.69) is 10.4 Å². The molecule has 0 fully saturated rings. The van der Waals surface area contributed by atoms with E-state index in [1.807, 2.05) is 24.3 Å². The summed E-state index contributed by atoms with van der Waals surface area (Å²) in [4.78, 5) is 23.9. The molecule has 1 aromatic carbocycles. The minimum Gasteiger partial charge on any atom is -0.465 e. The molecule has 22 heavy (non-hydrogen) atoms. The molecule has 0 saturated carbocycles. The molecule has 0 amide bonds. The van der Waals surface area contributed by atoms with Crippen LogP contribution in [0.25, 0.3) is 5.69 Å². The van der Waals surface area contributed by atoms with Gasteiger partial charge in [0.2, 0.25) is 0 Å². The predicted octanol–water partition coefficient (Wildman–Crippen LogP) is 1.80. The van der Waals surface area contributed by atoms with E-state index in [1.165, 1.54) is 18.9 Å². The number of aromatic nitrogens is 2. The van der Waals surface area contributed by atoms with Crippen molar-refractivity contribution in [3.8, 4) is 5.69 Å². The summed E-state index contributed by atoms with van der Waals surface area (Å²) in [5.74, 6) is -1.32. The summed E-state index contributed by atoms with van der Waals surface area (Å²) in [5.41, 5.74) is 2.04. The number of benzene rings is 1. The maximum Gasteiger partial charge on any atom is 0.359 e. The van der Waals surface area contributed by atoms with Crippen molar-refractivity contribution >= 4 is 17.6 Å². The van der Waals surface area contributed by atoms with Crippen LogP contribution in [0.2, 0.25) is 0 Å². The number of nitrogens with zero attached hydrogens (tertiary/aromatic N) is 2. The lowest BCUT2D eigenvalue weighted by atomic mass is 10.2. The van der Waals surface area contributed by atoms with Gasteiger partial charge < -0.3 is 14.8 Å². The first kappa shape index (κ1) is 15.6. The third-order valence-electron chi connectivity index (χ3n) is 3.29. The molecule has 1 heterocycles. The summed E-state index contributed by atoms with van der Waals surface area (Å²) in [7, 11) is 4.26. The van der Waals surface area contributed by atoms with Crippen LogP contribution in [0, 0.1) is 6.92 Å². The Morgan fingerprint density at radius 3 is 2.36 bits per heavy atom. The molecule has 0 aliphatic heterocycles. The average Bonchev–Trinajstić information content (AvgIpc) is 2.90. The second kappa shape index (κ2) is 6.30. The molecule has 0 aliphatic rings. The molecule has 0 atom stereocenters. The van der Waals surface area contributed by atoms with E-state index in [0.717, 1.165) is 5.69 Å². The van der Waals surface area contributed by atoms with Crippen molar-refractivity contribution in [2.24, 2.45) is 0 Å². The number of esters is 2. The van der Waals surface area contributed by atoms with Crippen LogP contribution in [0.5, 0.6) is 0 Å². The number of ether oxygens (including phenoxy) is 2. The van der Waals surface area contributed by atoms with Gasteiger partial charge in [-0.2, -0.15) is 5.10 Å². The quantitative estimate of drug-likeness (QED) is 0.867. The number of rotatable bonds is 4. The van der Waals surface area contributed by atoms with Gasteiger partial charge in [-0.05, 0) is 19.1 Å². The highest BCUT2D eigenvalue weighted by Crippen LogP contribution is 2.24. The van der Waals surface area contributed by atoms with Crippen molar-refractivity contribution in [1.82, 2.24) is 9.78 Å². The van der Waals surface area contributed by atoms with E-state index < -0.39 is 11.9 Å². The van der Waals surface area contributed by atoms with Gasteiger partial charge in [0.1, 0.15) is 5.56 Å². The van der Waals surface area contributed by atoms with Gasteiger partial charge >= 0.3 is 11.9 Å². The van der Waals surface area contributed by atoms with E-state index in [4.69, 9.17) is 9.47 Å². The second-order valence-electron chi connectivity index (χ2n) is 4.47. The fourth-order valence-corrected chi connectivity index (χ4v) is 2.19. The van der Waals surface area contributed by atoms with Crippen LogP contribution in [0.15, 0.2) is 24.3 Å². The molecule has 7 heteroatoms. The summed E-state index contributed by atoms with van der Waals surface area (Å²) in [6, 6.07) is 7.41. The molecule has 2 rings (SSSR count). The van der Waals surface area contributed by atoms with E-state index in [9.17, 15) is 9.59 Å². The van der Waals surface area contributed by atoms with Crippen molar-refractivity contribution in [3.05, 3.63) is 41.2 Å². The van der Waals surface area contributed by atoms with E-state index in [-0.39, 0.29) is 11.3 Å². The number of nitrogens with one attached hydrogen (secondary N) is 1. The summed E-state index contributed by atoms with van der Waals surface area (Å²) in [5, 5.41) is 7.27. The highest BCUT2D eigenvalue weighted by molar-refractivity contribution is 6.02. The van der Waals surface area contributed by atoms with Gasteiger partial charge in [0.05, 0.1) is 31.3 Å². The zero-order valence-corrected chi connectivity index (χ0v) is 12.8. The predicted molar refractivity (Wildman–Crippen MR) is 80.5 cm³/mol. The topological polar surface area (TPSA) is 82.5 Å². The molecule has 0 bridgehead atoms. The molecular formula is C15H17N3O4. The van der Waals surface area contributed by atoms with Crippen molar-refractivity contribution in [2.45, 2.75) is 6.92 Å². The highest BCUT2D eigenvalue weighted by Gasteiger charge is 2.28. The summed E-state index contributed by atoms with van der Waals surface area (Å²) in [6.07, 6.45) is 0. The number of hydrogen-bond acceptors (Lipinski definition) is 6. The largest absolute Gasteiger partial charge is 0.465 e. The molecule has 0 radical (unpaired) electrons. The Balaban J connectivity index is 2.71. The molecule has 116 valence electrons. The minimum absolute atomic E-state index is 0.0715. The van der Waals surface area contributed by atoms with E-state index in [0.29, 0.717) is 11.4 Å². The van der Waals surface area contributed by atoms with Crippen molar-refractivity contribution < 1.29 is 19.1 Å². The summed E-state index contributed by atoms with van der Waals surface area (Å²) in [6.45, 7) is 1.69. The highest BCUT2D eigenvalue weighted by atomic mass is 16.5. The molecule has 0 aliphatic carbocycles. The van der Waals surface area contributed by atoms with Gasteiger partial charge in [-0.25, -0.2) is 14.3 Å². The first-order chi connectivity index (χ1) is 10.5. The SMILES string of the molecule is CNc1ccccc1-n1nc(C(=O)OC)c(C(=O)OC)c1C. The Bertz CT molecular complexity index is 722. The normalized spacial score (nSPS) is 10.2. The maximum absolute atomic E-state index is 12.0. The van der Waals surface area contributed by atoms with Crippen LogP contribution in [0.4, 0.5) is 5.69 Å². The first-order valence-corrected chi connectivity index (χ1v) is 6.58. The smallest absolute Gasteiger partial charge is 0.359 e. The first-order valence-electron chi connectivity index (χ1n) is 6.58. The zero-order chi connectivity index (χ0) is 16.3. The summed E-state index contributed by atoms with van der Waals surface area (Å²) < 4.78 is 11.0. The number of para-hydroxylation sites is 2. The van der Waals surface area contributed by atoms with E-state index in [1.54, 1.807) is 14.0 Å². The third kappa shape index (κ3) is 2.52. The van der Waals surface area contributed by atoms with Crippen molar-refractivity contribution in [1.29, 1.82) is 0 Å². The van der Waals surface area contributed by atoms with Crippen LogP contribution in [0.1, 0.15) is 26.5 Å². The minimum atomic E-state index is -0.691. The van der Waals surface area contributed by atoms with Gasteiger partial charge in [0.15, 0.2) is 5.69 Å². The molecule has 0 saturated heterocycles. The molecule has 2 aromatic rings. The standard InChI is InChI=1S/C15H17N3O4/c1-9-12(14(19)21-3)13(15(20)22-4)17-18(9)11-8-6-5-7-10(11)16-2/h5-8,16H,1-4H3. The summed E-state index contributed by atoms with van der Waals surface area (Å²) >= 11 is 0. The lowest BCUT2D eigenvalue weighted by Crippen LogP contribution is -2.11. The van der Waals surface area contributed by atoms with Crippen molar-refractivity contribution in [3.63, 3.8) is 0 Å². The monoisotopic (exact) mass is 303 g/mol. The molecular weight excluding hydrogens is 286 g/mol. The van der Waals surface area contributed by atoms with Crippen LogP contribution in [-0.2, 0) is 9.47 Å². The van der Waals surface area contributed by atoms with Crippen molar-refractivity contribution in [2.75, 3.05) is 26.6 Å².